The molecule has 3 fully saturated rings. The van der Waals surface area contributed by atoms with Crippen LogP contribution < -0.4 is 19.3 Å². The van der Waals surface area contributed by atoms with Gasteiger partial charge in [0.15, 0.2) is 17.3 Å². The molecule has 0 radical (unpaired) electrons. The molecule has 4 aromatic rings. The number of hydrogen-bond donors (Lipinski definition) is 1. The van der Waals surface area contributed by atoms with Crippen molar-refractivity contribution in [1.82, 2.24) is 0 Å². The van der Waals surface area contributed by atoms with Crippen molar-refractivity contribution in [1.29, 1.82) is 0 Å². The summed E-state index contributed by atoms with van der Waals surface area (Å²) in [6.45, 7) is 1.70. The highest BCUT2D eigenvalue weighted by Gasteiger charge is 2.67. The fraction of sp³-hybridized carbons (Fsp3) is 0.262. The lowest BCUT2D eigenvalue weighted by Crippen LogP contribution is -2.48. The molecule has 2 aliphatic carbocycles. The molecule has 0 aromatic heterocycles. The molecule has 4 amide bonds. The zero-order valence-electron chi connectivity index (χ0n) is 29.4. The number of phenolic OH excluding ortho intramolecular Hbond substituents is 1. The Morgan fingerprint density at radius 3 is 2.07 bits per heavy atom. The van der Waals surface area contributed by atoms with E-state index in [4.69, 9.17) is 21.1 Å². The van der Waals surface area contributed by atoms with Gasteiger partial charge in [-0.05, 0) is 85.8 Å². The van der Waals surface area contributed by atoms with Crippen LogP contribution in [0.2, 0.25) is 5.02 Å². The lowest BCUT2D eigenvalue weighted by atomic mass is 9.51. The van der Waals surface area contributed by atoms with Crippen LogP contribution in [0.4, 0.5) is 15.8 Å². The Morgan fingerprint density at radius 2 is 1.44 bits per heavy atom. The van der Waals surface area contributed by atoms with Crippen LogP contribution in [-0.2, 0) is 19.2 Å². The van der Waals surface area contributed by atoms with Crippen molar-refractivity contribution in [2.45, 2.75) is 25.7 Å². The lowest BCUT2D eigenvalue weighted by Gasteiger charge is -2.49. The molecule has 4 aromatic carbocycles. The first kappa shape index (κ1) is 35.2. The second-order valence-electron chi connectivity index (χ2n) is 14.3. The average Bonchev–Trinajstić information content (AvgIpc) is 3.55. The van der Waals surface area contributed by atoms with E-state index in [1.807, 2.05) is 12.1 Å². The number of halogens is 2. The highest BCUT2D eigenvalue weighted by atomic mass is 35.5. The predicted molar refractivity (Wildman–Crippen MR) is 196 cm³/mol. The molecule has 0 bridgehead atoms. The largest absolute Gasteiger partial charge is 0.502 e. The van der Waals surface area contributed by atoms with E-state index < -0.39 is 64.5 Å². The Kier molecular flexibility index (Phi) is 8.45. The maximum atomic E-state index is 14.7. The van der Waals surface area contributed by atoms with Crippen LogP contribution in [0, 0.1) is 34.9 Å². The first-order valence-electron chi connectivity index (χ1n) is 17.5. The summed E-state index contributed by atoms with van der Waals surface area (Å²) in [6.07, 6.45) is 2.18. The minimum atomic E-state index is -1.42. The number of phenols is 1. The van der Waals surface area contributed by atoms with Crippen molar-refractivity contribution in [3.05, 3.63) is 124 Å². The van der Waals surface area contributed by atoms with E-state index >= 15 is 0 Å². The number of carbonyl (C=O) groups excluding carboxylic acids is 5. The number of hydrogen-bond acceptors (Lipinski definition) is 8. The first-order chi connectivity index (χ1) is 25.9. The molecule has 2 heterocycles. The average molecular weight is 749 g/mol. The van der Waals surface area contributed by atoms with Crippen molar-refractivity contribution < 1.29 is 42.9 Å². The molecule has 8 rings (SSSR count). The molecule has 12 heteroatoms. The van der Waals surface area contributed by atoms with Crippen molar-refractivity contribution in [3.8, 4) is 17.2 Å². The van der Waals surface area contributed by atoms with Crippen LogP contribution in [0.5, 0.6) is 17.2 Å². The zero-order valence-corrected chi connectivity index (χ0v) is 30.2. The molecule has 54 heavy (non-hydrogen) atoms. The van der Waals surface area contributed by atoms with Gasteiger partial charge in [-0.2, -0.15) is 0 Å². The summed E-state index contributed by atoms with van der Waals surface area (Å²) >= 11 is 6.11. The molecule has 0 spiro atoms. The number of fused-ring (bicyclic) bond motifs is 4. The molecular weight excluding hydrogens is 715 g/mol. The van der Waals surface area contributed by atoms with Crippen LogP contribution in [0.3, 0.4) is 0 Å². The summed E-state index contributed by atoms with van der Waals surface area (Å²) in [6, 6.07) is 21.9. The Hall–Kier alpha value is -5.81. The van der Waals surface area contributed by atoms with E-state index in [1.165, 1.54) is 26.4 Å². The van der Waals surface area contributed by atoms with Gasteiger partial charge in [-0.3, -0.25) is 28.9 Å². The fourth-order valence-corrected chi connectivity index (χ4v) is 9.29. The maximum absolute atomic E-state index is 14.7. The Labute approximate surface area is 314 Å². The Morgan fingerprint density at radius 1 is 0.815 bits per heavy atom. The molecule has 4 aliphatic rings. The summed E-state index contributed by atoms with van der Waals surface area (Å²) < 4.78 is 25.2. The lowest BCUT2D eigenvalue weighted by molar-refractivity contribution is -0.131. The van der Waals surface area contributed by atoms with E-state index in [2.05, 4.69) is 0 Å². The molecular formula is C42H34ClFN2O8. The second kappa shape index (κ2) is 12.9. The molecule has 1 saturated carbocycles. The normalized spacial score (nSPS) is 25.9. The number of aromatic hydroxyl groups is 1. The van der Waals surface area contributed by atoms with E-state index in [9.17, 15) is 33.5 Å². The quantitative estimate of drug-likeness (QED) is 0.123. The van der Waals surface area contributed by atoms with E-state index in [0.717, 1.165) is 15.9 Å². The van der Waals surface area contributed by atoms with Crippen LogP contribution >= 0.6 is 11.6 Å². The minimum absolute atomic E-state index is 0.0762. The molecule has 1 N–H and O–H groups in total. The van der Waals surface area contributed by atoms with Crippen LogP contribution in [0.15, 0.2) is 96.6 Å². The highest BCUT2D eigenvalue weighted by molar-refractivity contribution is 6.32. The molecule has 6 unspecified atom stereocenters. The Bertz CT molecular complexity index is 2290. The highest BCUT2D eigenvalue weighted by Crippen LogP contribution is 2.64. The van der Waals surface area contributed by atoms with Crippen molar-refractivity contribution in [2.75, 3.05) is 24.0 Å². The van der Waals surface area contributed by atoms with Gasteiger partial charge in [0.2, 0.25) is 29.4 Å². The van der Waals surface area contributed by atoms with Crippen molar-refractivity contribution in [3.63, 3.8) is 0 Å². The smallest absolute Gasteiger partial charge is 0.241 e. The third-order valence-corrected chi connectivity index (χ3v) is 12.0. The second-order valence-corrected chi connectivity index (χ2v) is 14.7. The summed E-state index contributed by atoms with van der Waals surface area (Å²) in [4.78, 5) is 73.1. The van der Waals surface area contributed by atoms with Crippen molar-refractivity contribution in [2.24, 2.45) is 29.1 Å². The monoisotopic (exact) mass is 748 g/mol. The minimum Gasteiger partial charge on any atom is -0.502 e. The number of ketones is 1. The van der Waals surface area contributed by atoms with E-state index in [0.29, 0.717) is 28.0 Å². The van der Waals surface area contributed by atoms with Crippen LogP contribution in [-0.4, -0.2) is 48.7 Å². The number of allylic oxidation sites excluding steroid dienone is 2. The number of anilines is 2. The predicted octanol–water partition coefficient (Wildman–Crippen LogP) is 6.87. The number of carbonyl (C=O) groups is 5. The molecule has 2 saturated heterocycles. The van der Waals surface area contributed by atoms with Gasteiger partial charge in [-0.15, -0.1) is 0 Å². The van der Waals surface area contributed by atoms with Gasteiger partial charge in [-0.25, -0.2) is 9.29 Å². The number of imide groups is 2. The van der Waals surface area contributed by atoms with Gasteiger partial charge >= 0.3 is 0 Å². The number of rotatable bonds is 7. The van der Waals surface area contributed by atoms with Gasteiger partial charge in [0.1, 0.15) is 5.82 Å². The summed E-state index contributed by atoms with van der Waals surface area (Å²) in [7, 11) is 2.76. The van der Waals surface area contributed by atoms with E-state index in [-0.39, 0.29) is 46.6 Å². The molecule has 274 valence electrons. The number of ether oxygens (including phenoxy) is 2. The molecule has 6 atom stereocenters. The van der Waals surface area contributed by atoms with Gasteiger partial charge in [0.25, 0.3) is 0 Å². The van der Waals surface area contributed by atoms with Gasteiger partial charge in [0.05, 0.1) is 53.8 Å². The Balaban J connectivity index is 1.21. The summed E-state index contributed by atoms with van der Waals surface area (Å²) in [5, 5.41) is 10.6. The van der Waals surface area contributed by atoms with Crippen LogP contribution in [0.1, 0.15) is 47.2 Å². The molecule has 10 nitrogen and oxygen atoms in total. The van der Waals surface area contributed by atoms with Gasteiger partial charge in [0, 0.05) is 17.0 Å². The number of nitrogens with zero attached hydrogens (tertiary/aromatic N) is 2. The number of amides is 4. The first-order valence-corrected chi connectivity index (χ1v) is 17.8. The SMILES string of the molecule is COc1cc(C2C3=CCC4C(=O)N(c5ccc(C(=O)c6ccccc6)cc5)C(=O)C4C3CC3C(=O)N(c4ccc(F)c(Cl)c4)C(=O)C32C)cc(OC)c1O. The third kappa shape index (κ3) is 5.09. The molecule has 2 aliphatic heterocycles. The number of methoxy groups -OCH3 is 2. The summed E-state index contributed by atoms with van der Waals surface area (Å²) in [5.41, 5.74) is 1.11. The van der Waals surface area contributed by atoms with E-state index in [1.54, 1.807) is 67.6 Å². The summed E-state index contributed by atoms with van der Waals surface area (Å²) in [5.74, 6) is -6.94. The third-order valence-electron chi connectivity index (χ3n) is 11.7. The maximum Gasteiger partial charge on any atom is 0.241 e. The standard InChI is InChI=1S/C42H34ClFN2O8/c1-42-29(39(50)46(41(42)52)25-13-16-31(44)30(43)19-25)20-28-26(35(42)23-17-32(53-2)37(48)33(18-23)54-3)14-15-27-34(28)40(51)45(38(27)49)24-11-9-22(10-12-24)36(47)21-7-5-4-6-8-21/h4-14,16-19,27-29,34-35,48H,15,20H2,1-3H3. The topological polar surface area (TPSA) is 131 Å². The van der Waals surface area contributed by atoms with Crippen LogP contribution in [0.25, 0.3) is 0 Å². The fourth-order valence-electron chi connectivity index (χ4n) is 9.12. The van der Waals surface area contributed by atoms with Gasteiger partial charge in [-0.1, -0.05) is 53.6 Å². The van der Waals surface area contributed by atoms with Crippen molar-refractivity contribution >= 4 is 52.4 Å². The zero-order chi connectivity index (χ0) is 38.2. The number of benzene rings is 4. The van der Waals surface area contributed by atoms with Gasteiger partial charge < -0.3 is 14.6 Å².